The van der Waals surface area contributed by atoms with Gasteiger partial charge in [-0.05, 0) is 32.2 Å². The summed E-state index contributed by atoms with van der Waals surface area (Å²) < 4.78 is 5.42. The molecule has 0 aromatic carbocycles. The molecule has 1 unspecified atom stereocenters. The number of nitrogens with zero attached hydrogens (tertiary/aromatic N) is 4. The molecule has 1 aliphatic heterocycles. The van der Waals surface area contributed by atoms with Gasteiger partial charge in [-0.2, -0.15) is 0 Å². The van der Waals surface area contributed by atoms with E-state index in [1.165, 1.54) is 0 Å². The number of aliphatic imine (C=N–C) groups is 1. The summed E-state index contributed by atoms with van der Waals surface area (Å²) in [5.74, 6) is 1.92. The third kappa shape index (κ3) is 7.13. The van der Waals surface area contributed by atoms with Crippen molar-refractivity contribution in [3.63, 3.8) is 0 Å². The Morgan fingerprint density at radius 1 is 1.31 bits per heavy atom. The quantitative estimate of drug-likeness (QED) is 0.224. The Bertz CT molecular complexity index is 640. The Morgan fingerprint density at radius 3 is 2.69 bits per heavy atom. The fraction of sp³-hybridized carbons (Fsp3) is 0.750. The summed E-state index contributed by atoms with van der Waals surface area (Å²) in [5, 5.41) is 10.9. The second-order valence-electron chi connectivity index (χ2n) is 7.37. The van der Waals surface area contributed by atoms with E-state index >= 15 is 0 Å². The van der Waals surface area contributed by atoms with Crippen molar-refractivity contribution in [3.8, 4) is 0 Å². The first kappa shape index (κ1) is 25.7. The largest absolute Gasteiger partial charge is 0.361 e. The zero-order valence-electron chi connectivity index (χ0n) is 18.5. The van der Waals surface area contributed by atoms with Gasteiger partial charge in [0.25, 0.3) is 0 Å². The number of guanidine groups is 1. The first-order valence-corrected chi connectivity index (χ1v) is 10.4. The number of carbonyl (C=O) groups is 1. The van der Waals surface area contributed by atoms with Gasteiger partial charge in [0, 0.05) is 52.8 Å². The Labute approximate surface area is 191 Å². The van der Waals surface area contributed by atoms with Gasteiger partial charge >= 0.3 is 0 Å². The van der Waals surface area contributed by atoms with Gasteiger partial charge in [-0.3, -0.25) is 14.7 Å². The maximum Gasteiger partial charge on any atom is 0.239 e. The Kier molecular flexibility index (Phi) is 11.6. The number of rotatable bonds is 9. The number of amides is 1. The van der Waals surface area contributed by atoms with Crippen LogP contribution in [0.5, 0.6) is 0 Å². The molecular formula is C20H37IN6O2. The van der Waals surface area contributed by atoms with Gasteiger partial charge in [0.1, 0.15) is 5.76 Å². The second kappa shape index (κ2) is 13.0. The van der Waals surface area contributed by atoms with E-state index in [9.17, 15) is 4.79 Å². The third-order valence-corrected chi connectivity index (χ3v) is 5.27. The van der Waals surface area contributed by atoms with Crippen molar-refractivity contribution in [2.75, 3.05) is 40.8 Å². The number of aromatic nitrogens is 1. The highest BCUT2D eigenvalue weighted by molar-refractivity contribution is 14.0. The summed E-state index contributed by atoms with van der Waals surface area (Å²) in [6.45, 7) is 7.54. The van der Waals surface area contributed by atoms with Crippen molar-refractivity contribution >= 4 is 35.8 Å². The zero-order valence-corrected chi connectivity index (χ0v) is 20.8. The van der Waals surface area contributed by atoms with E-state index < -0.39 is 0 Å². The molecule has 1 amide bonds. The zero-order chi connectivity index (χ0) is 20.5. The van der Waals surface area contributed by atoms with Gasteiger partial charge in [0.15, 0.2) is 5.96 Å². The molecule has 0 bridgehead atoms. The van der Waals surface area contributed by atoms with Crippen LogP contribution in [0.15, 0.2) is 9.52 Å². The number of hydrogen-bond donors (Lipinski definition) is 2. The van der Waals surface area contributed by atoms with Crippen LogP contribution in [0, 0.1) is 0 Å². The van der Waals surface area contributed by atoms with Gasteiger partial charge in [-0.25, -0.2) is 0 Å². The number of halogens is 1. The van der Waals surface area contributed by atoms with Crippen molar-refractivity contribution in [3.05, 3.63) is 17.0 Å². The van der Waals surface area contributed by atoms with E-state index in [1.54, 1.807) is 11.9 Å². The van der Waals surface area contributed by atoms with Crippen LogP contribution in [0.1, 0.15) is 50.1 Å². The van der Waals surface area contributed by atoms with Crippen LogP contribution in [0.25, 0.3) is 0 Å². The van der Waals surface area contributed by atoms with Crippen molar-refractivity contribution in [2.24, 2.45) is 4.99 Å². The van der Waals surface area contributed by atoms with Crippen LogP contribution < -0.4 is 10.6 Å². The van der Waals surface area contributed by atoms with Gasteiger partial charge in [0.2, 0.25) is 5.91 Å². The Balaban J connectivity index is 0.00000420. The average molecular weight is 520 g/mol. The smallest absolute Gasteiger partial charge is 0.239 e. The highest BCUT2D eigenvalue weighted by Gasteiger charge is 2.30. The molecule has 0 radical (unpaired) electrons. The van der Waals surface area contributed by atoms with Crippen LogP contribution >= 0.6 is 24.0 Å². The molecule has 1 aromatic heterocycles. The number of nitrogens with one attached hydrogen (secondary N) is 2. The van der Waals surface area contributed by atoms with E-state index in [4.69, 9.17) is 4.52 Å². The molecule has 166 valence electrons. The first-order chi connectivity index (χ1) is 13.5. The van der Waals surface area contributed by atoms with Gasteiger partial charge in [0.05, 0.1) is 11.7 Å². The molecule has 1 aliphatic rings. The van der Waals surface area contributed by atoms with E-state index in [1.807, 2.05) is 14.1 Å². The predicted octanol–water partition coefficient (Wildman–Crippen LogP) is 2.03. The lowest BCUT2D eigenvalue weighted by Crippen LogP contribution is -2.44. The maximum absolute atomic E-state index is 12.3. The summed E-state index contributed by atoms with van der Waals surface area (Å²) in [7, 11) is 5.44. The van der Waals surface area contributed by atoms with Gasteiger partial charge in [-0.1, -0.05) is 19.0 Å². The fourth-order valence-corrected chi connectivity index (χ4v) is 3.69. The molecule has 0 spiro atoms. The Morgan fingerprint density at radius 2 is 2.07 bits per heavy atom. The van der Waals surface area contributed by atoms with Crippen LogP contribution in [0.3, 0.4) is 0 Å². The summed E-state index contributed by atoms with van der Waals surface area (Å²) in [5.41, 5.74) is 2.14. The highest BCUT2D eigenvalue weighted by Crippen LogP contribution is 2.18. The van der Waals surface area contributed by atoms with Crippen molar-refractivity contribution in [1.82, 2.24) is 25.6 Å². The first-order valence-electron chi connectivity index (χ1n) is 10.4. The summed E-state index contributed by atoms with van der Waals surface area (Å²) >= 11 is 0. The molecule has 1 saturated heterocycles. The van der Waals surface area contributed by atoms with E-state index in [-0.39, 0.29) is 35.9 Å². The summed E-state index contributed by atoms with van der Waals surface area (Å²) in [4.78, 5) is 20.6. The molecule has 2 rings (SSSR count). The summed E-state index contributed by atoms with van der Waals surface area (Å²) in [6.07, 6.45) is 4.71. The number of carbonyl (C=O) groups excluding carboxylic acids is 1. The molecule has 2 N–H and O–H groups in total. The van der Waals surface area contributed by atoms with E-state index in [0.29, 0.717) is 6.54 Å². The van der Waals surface area contributed by atoms with E-state index in [0.717, 1.165) is 74.7 Å². The second-order valence-corrected chi connectivity index (χ2v) is 7.37. The maximum atomic E-state index is 12.3. The van der Waals surface area contributed by atoms with E-state index in [2.05, 4.69) is 39.5 Å². The summed E-state index contributed by atoms with van der Waals surface area (Å²) in [6, 6.07) is 0.0426. The van der Waals surface area contributed by atoms with Crippen molar-refractivity contribution in [2.45, 2.75) is 58.5 Å². The van der Waals surface area contributed by atoms with Gasteiger partial charge < -0.3 is 20.1 Å². The lowest BCUT2D eigenvalue weighted by molar-refractivity contribution is -0.133. The Hall–Kier alpha value is -1.36. The lowest BCUT2D eigenvalue weighted by atomic mass is 10.1. The molecule has 8 nitrogen and oxygen atoms in total. The molecule has 1 atom stereocenters. The molecule has 9 heteroatoms. The van der Waals surface area contributed by atoms with Crippen molar-refractivity contribution < 1.29 is 9.32 Å². The molecular weight excluding hydrogens is 483 g/mol. The minimum atomic E-state index is 0. The normalized spacial score (nSPS) is 17.1. The number of likely N-dealkylation sites (tertiary alicyclic amines) is 1. The van der Waals surface area contributed by atoms with Gasteiger partial charge in [-0.15, -0.1) is 24.0 Å². The predicted molar refractivity (Wildman–Crippen MR) is 127 cm³/mol. The van der Waals surface area contributed by atoms with Crippen molar-refractivity contribution in [1.29, 1.82) is 0 Å². The minimum absolute atomic E-state index is 0. The molecule has 1 fully saturated rings. The standard InChI is InChI=1S/C20H36N6O2.HI/c1-6-16-15(18(7-2)28-24-16)14-23-20(21-3)22-11-9-13-26-12-8-10-17(26)19(27)25(4)5;/h17H,6-14H2,1-5H3,(H2,21,22,23);1H. The fourth-order valence-electron chi connectivity index (χ4n) is 3.69. The minimum Gasteiger partial charge on any atom is -0.361 e. The van der Waals surface area contributed by atoms with Crippen LogP contribution in [-0.2, 0) is 24.2 Å². The SMILES string of the molecule is CCc1noc(CC)c1CNC(=NC)NCCCN1CCCC1C(=O)N(C)C.I. The van der Waals surface area contributed by atoms with Crippen LogP contribution in [0.4, 0.5) is 0 Å². The third-order valence-electron chi connectivity index (χ3n) is 5.27. The average Bonchev–Trinajstić information content (AvgIpc) is 3.32. The molecule has 0 saturated carbocycles. The van der Waals surface area contributed by atoms with Crippen LogP contribution in [0.2, 0.25) is 0 Å². The molecule has 0 aliphatic carbocycles. The molecule has 2 heterocycles. The molecule has 29 heavy (non-hydrogen) atoms. The van der Waals surface area contributed by atoms with Crippen LogP contribution in [-0.4, -0.2) is 73.6 Å². The molecule has 1 aromatic rings. The number of aryl methyl sites for hydroxylation is 2. The number of likely N-dealkylation sites (N-methyl/N-ethyl adjacent to an activating group) is 1. The topological polar surface area (TPSA) is 86.0 Å². The lowest BCUT2D eigenvalue weighted by Gasteiger charge is -2.26. The number of hydrogen-bond acceptors (Lipinski definition) is 5. The highest BCUT2D eigenvalue weighted by atomic mass is 127. The monoisotopic (exact) mass is 520 g/mol.